The molecule has 0 spiro atoms. The van der Waals surface area contributed by atoms with E-state index in [1.807, 2.05) is 0 Å². The first-order valence-electron chi connectivity index (χ1n) is 10.2. The summed E-state index contributed by atoms with van der Waals surface area (Å²) < 4.78 is 52.2. The monoisotopic (exact) mass is 520 g/mol. The van der Waals surface area contributed by atoms with Crippen LogP contribution in [-0.2, 0) is 17.4 Å². The summed E-state index contributed by atoms with van der Waals surface area (Å²) in [5, 5.41) is 12.3. The van der Waals surface area contributed by atoms with E-state index < -0.39 is 23.5 Å². The number of carboxylic acids is 1. The Morgan fingerprint density at radius 3 is 2.11 bits per heavy atom. The van der Waals surface area contributed by atoms with Gasteiger partial charge in [0.1, 0.15) is 16.8 Å². The number of aliphatic carboxylic acids is 1. The van der Waals surface area contributed by atoms with Crippen molar-refractivity contribution < 1.29 is 62.2 Å². The third-order valence-electron chi connectivity index (χ3n) is 5.34. The summed E-state index contributed by atoms with van der Waals surface area (Å²) in [6.45, 7) is 0. The first-order valence-corrected chi connectivity index (χ1v) is 10.9. The number of halogens is 3. The normalized spacial score (nSPS) is 12.0. The maximum atomic E-state index is 13.5. The summed E-state index contributed by atoms with van der Waals surface area (Å²) in [5.74, 6) is -1.71. The van der Waals surface area contributed by atoms with E-state index in [1.165, 1.54) is 43.5 Å². The van der Waals surface area contributed by atoms with Gasteiger partial charge in [-0.2, -0.15) is 21.9 Å². The SMILES string of the molecule is COc1ccc(C(=O)C(Cc2ccc(C(F)(F)F)cc2)=C(C(=O)[O-])c2ccc3nsnc3c2)cc1.[Na+]. The number of rotatable bonds is 7. The molecule has 0 aliphatic heterocycles. The van der Waals surface area contributed by atoms with Crippen LogP contribution in [-0.4, -0.2) is 27.6 Å². The predicted molar refractivity (Wildman–Crippen MR) is 122 cm³/mol. The third-order valence-corrected chi connectivity index (χ3v) is 5.89. The smallest absolute Gasteiger partial charge is 0.545 e. The zero-order chi connectivity index (χ0) is 25.2. The number of Topliss-reactive ketones (excluding diaryl/α,β-unsaturated/α-hetero) is 1. The van der Waals surface area contributed by atoms with E-state index in [2.05, 4.69) is 8.75 Å². The van der Waals surface area contributed by atoms with Crippen LogP contribution in [0.3, 0.4) is 0 Å². The molecule has 1 aromatic heterocycles. The quantitative estimate of drug-likeness (QED) is 0.208. The molecular weight excluding hydrogens is 504 g/mol. The van der Waals surface area contributed by atoms with Crippen molar-refractivity contribution in [2.24, 2.45) is 0 Å². The summed E-state index contributed by atoms with van der Waals surface area (Å²) in [6, 6.07) is 14.8. The second kappa shape index (κ2) is 11.3. The fourth-order valence-corrected chi connectivity index (χ4v) is 4.08. The van der Waals surface area contributed by atoms with Crippen LogP contribution < -0.4 is 39.4 Å². The summed E-state index contributed by atoms with van der Waals surface area (Å²) in [5.41, 5.74) is 0.314. The van der Waals surface area contributed by atoms with E-state index in [9.17, 15) is 27.9 Å². The van der Waals surface area contributed by atoms with Crippen LogP contribution in [0.25, 0.3) is 16.6 Å². The molecule has 0 bridgehead atoms. The third kappa shape index (κ3) is 6.01. The summed E-state index contributed by atoms with van der Waals surface area (Å²) >= 11 is 0.953. The second-order valence-electron chi connectivity index (χ2n) is 7.54. The van der Waals surface area contributed by atoms with Crippen molar-refractivity contribution >= 4 is 40.1 Å². The number of carboxylic acid groups (broad SMARTS) is 1. The second-order valence-corrected chi connectivity index (χ2v) is 8.07. The van der Waals surface area contributed by atoms with Crippen LogP contribution in [0.15, 0.2) is 72.3 Å². The number of hydrogen-bond donors (Lipinski definition) is 0. The molecule has 0 atom stereocenters. The minimum Gasteiger partial charge on any atom is -0.545 e. The molecule has 4 rings (SSSR count). The fraction of sp³-hybridized carbons (Fsp3) is 0.120. The van der Waals surface area contributed by atoms with Gasteiger partial charge in [-0.15, -0.1) is 0 Å². The maximum Gasteiger partial charge on any atom is 1.00 e. The van der Waals surface area contributed by atoms with E-state index in [0.717, 1.165) is 23.9 Å². The molecule has 11 heteroatoms. The number of ether oxygens (including phenoxy) is 1. The number of alkyl halides is 3. The number of carbonyl (C=O) groups excluding carboxylic acids is 2. The summed E-state index contributed by atoms with van der Waals surface area (Å²) in [7, 11) is 1.46. The van der Waals surface area contributed by atoms with Gasteiger partial charge in [0.25, 0.3) is 0 Å². The molecule has 0 aliphatic rings. The minimum atomic E-state index is -4.52. The van der Waals surface area contributed by atoms with Crippen molar-refractivity contribution in [3.63, 3.8) is 0 Å². The molecule has 3 aromatic carbocycles. The van der Waals surface area contributed by atoms with Gasteiger partial charge in [0.05, 0.1) is 30.4 Å². The number of allylic oxidation sites excluding steroid dienone is 1. The Morgan fingerprint density at radius 2 is 1.53 bits per heavy atom. The minimum absolute atomic E-state index is 0. The Balaban J connectivity index is 0.00000361. The molecular formula is C25H16F3N2NaO4S. The summed E-state index contributed by atoms with van der Waals surface area (Å²) in [6.07, 6.45) is -4.76. The topological polar surface area (TPSA) is 92.2 Å². The molecule has 178 valence electrons. The Bertz CT molecular complexity index is 1430. The van der Waals surface area contributed by atoms with Gasteiger partial charge in [0, 0.05) is 23.1 Å². The zero-order valence-electron chi connectivity index (χ0n) is 19.1. The first kappa shape index (κ1) is 27.5. The molecule has 1 heterocycles. The molecule has 0 unspecified atom stereocenters. The van der Waals surface area contributed by atoms with Crippen LogP contribution in [0.5, 0.6) is 5.75 Å². The Labute approximate surface area is 230 Å². The van der Waals surface area contributed by atoms with Gasteiger partial charge < -0.3 is 14.6 Å². The number of nitrogens with zero attached hydrogens (tertiary/aromatic N) is 2. The van der Waals surface area contributed by atoms with E-state index in [4.69, 9.17) is 4.74 Å². The number of ketones is 1. The van der Waals surface area contributed by atoms with Crippen molar-refractivity contribution in [3.8, 4) is 5.75 Å². The van der Waals surface area contributed by atoms with E-state index >= 15 is 0 Å². The Kier molecular flexibility index (Phi) is 8.67. The average Bonchev–Trinajstić information content (AvgIpc) is 3.31. The van der Waals surface area contributed by atoms with Gasteiger partial charge in [-0.05, 0) is 59.7 Å². The number of methoxy groups -OCH3 is 1. The largest absolute Gasteiger partial charge is 1.00 e. The van der Waals surface area contributed by atoms with E-state index in [0.29, 0.717) is 22.3 Å². The maximum absolute atomic E-state index is 13.5. The first-order chi connectivity index (χ1) is 16.7. The van der Waals surface area contributed by atoms with Gasteiger partial charge in [-0.3, -0.25) is 4.79 Å². The zero-order valence-corrected chi connectivity index (χ0v) is 21.9. The van der Waals surface area contributed by atoms with Crippen LogP contribution in [0.1, 0.15) is 27.0 Å². The molecule has 4 aromatic rings. The number of hydrogen-bond acceptors (Lipinski definition) is 7. The van der Waals surface area contributed by atoms with Crippen molar-refractivity contribution in [1.82, 2.24) is 8.75 Å². The summed E-state index contributed by atoms with van der Waals surface area (Å²) in [4.78, 5) is 25.8. The number of fused-ring (bicyclic) bond motifs is 1. The molecule has 0 radical (unpaired) electrons. The Hall–Kier alpha value is -3.05. The van der Waals surface area contributed by atoms with Crippen LogP contribution in [0, 0.1) is 0 Å². The number of benzene rings is 3. The van der Waals surface area contributed by atoms with Crippen LogP contribution in [0.2, 0.25) is 0 Å². The van der Waals surface area contributed by atoms with Crippen LogP contribution >= 0.6 is 11.7 Å². The molecule has 0 fully saturated rings. The Morgan fingerprint density at radius 1 is 0.917 bits per heavy atom. The van der Waals surface area contributed by atoms with Gasteiger partial charge in [-0.1, -0.05) is 18.2 Å². The van der Waals surface area contributed by atoms with Gasteiger partial charge >= 0.3 is 35.7 Å². The van der Waals surface area contributed by atoms with Crippen molar-refractivity contribution in [2.75, 3.05) is 7.11 Å². The number of carbonyl (C=O) groups is 2. The van der Waals surface area contributed by atoms with E-state index in [-0.39, 0.29) is 58.3 Å². The molecule has 0 N–H and O–H groups in total. The number of aromatic nitrogens is 2. The average molecular weight is 520 g/mol. The molecule has 0 saturated carbocycles. The van der Waals surface area contributed by atoms with Gasteiger partial charge in [0.15, 0.2) is 5.78 Å². The van der Waals surface area contributed by atoms with Crippen molar-refractivity contribution in [1.29, 1.82) is 0 Å². The van der Waals surface area contributed by atoms with Gasteiger partial charge in [0.2, 0.25) is 0 Å². The molecule has 0 amide bonds. The molecule has 36 heavy (non-hydrogen) atoms. The van der Waals surface area contributed by atoms with Gasteiger partial charge in [-0.25, -0.2) is 0 Å². The fourth-order valence-electron chi connectivity index (χ4n) is 3.57. The van der Waals surface area contributed by atoms with E-state index in [1.54, 1.807) is 18.2 Å². The van der Waals surface area contributed by atoms with Crippen molar-refractivity contribution in [2.45, 2.75) is 12.6 Å². The van der Waals surface area contributed by atoms with Crippen LogP contribution in [0.4, 0.5) is 13.2 Å². The molecule has 0 saturated heterocycles. The molecule has 0 aliphatic carbocycles. The predicted octanol–water partition coefficient (Wildman–Crippen LogP) is 1.35. The van der Waals surface area contributed by atoms with Crippen molar-refractivity contribution in [3.05, 3.63) is 94.6 Å². The standard InChI is InChI=1S/C25H17F3N2O4S.Na/c1-34-18-9-4-15(5-10-18)23(31)19(12-14-2-7-17(8-3-14)25(26,27)28)22(24(32)33)16-6-11-20-21(13-16)30-35-29-20;/h2-11,13H,12H2,1H3,(H,32,33);/q;+1/p-1. The molecule has 6 nitrogen and oxygen atoms in total.